The SMILES string of the molecule is CCc1nn(CC)c(CC(O)c2ccc(Cl)c(Cl)c2)c1Cl. The minimum Gasteiger partial charge on any atom is -0.388 e. The number of halogens is 3. The number of hydrogen-bond acceptors (Lipinski definition) is 2. The standard InChI is InChI=1S/C15H17Cl3N2O/c1-3-12-15(18)13(20(4-2)19-12)8-14(21)9-5-6-10(16)11(17)7-9/h5-7,14,21H,3-4,8H2,1-2H3. The Labute approximate surface area is 139 Å². The van der Waals surface area contributed by atoms with Crippen LogP contribution in [-0.2, 0) is 19.4 Å². The predicted molar refractivity (Wildman–Crippen MR) is 87.4 cm³/mol. The maximum Gasteiger partial charge on any atom is 0.0851 e. The lowest BCUT2D eigenvalue weighted by Crippen LogP contribution is -2.09. The summed E-state index contributed by atoms with van der Waals surface area (Å²) in [6, 6.07) is 5.12. The van der Waals surface area contributed by atoms with Crippen LogP contribution < -0.4 is 0 Å². The number of aromatic nitrogens is 2. The summed E-state index contributed by atoms with van der Waals surface area (Å²) in [4.78, 5) is 0. The van der Waals surface area contributed by atoms with Crippen LogP contribution in [0.25, 0.3) is 0 Å². The van der Waals surface area contributed by atoms with Gasteiger partial charge in [0.25, 0.3) is 0 Å². The van der Waals surface area contributed by atoms with Crippen molar-refractivity contribution in [1.29, 1.82) is 0 Å². The average Bonchev–Trinajstić information content (AvgIpc) is 2.78. The van der Waals surface area contributed by atoms with Gasteiger partial charge in [0, 0.05) is 13.0 Å². The zero-order valence-corrected chi connectivity index (χ0v) is 14.2. The van der Waals surface area contributed by atoms with Gasteiger partial charge in [-0.05, 0) is 31.0 Å². The third-order valence-electron chi connectivity index (χ3n) is 3.41. The Morgan fingerprint density at radius 2 is 1.90 bits per heavy atom. The van der Waals surface area contributed by atoms with E-state index in [9.17, 15) is 5.11 Å². The second-order valence-corrected chi connectivity index (χ2v) is 5.96. The first kappa shape index (κ1) is 16.6. The molecule has 3 nitrogen and oxygen atoms in total. The maximum absolute atomic E-state index is 10.4. The molecular weight excluding hydrogens is 331 g/mol. The second-order valence-electron chi connectivity index (χ2n) is 4.77. The van der Waals surface area contributed by atoms with Crippen LogP contribution in [0.3, 0.4) is 0 Å². The van der Waals surface area contributed by atoms with Gasteiger partial charge in [0.1, 0.15) is 0 Å². The van der Waals surface area contributed by atoms with Crippen LogP contribution >= 0.6 is 34.8 Å². The monoisotopic (exact) mass is 346 g/mol. The van der Waals surface area contributed by atoms with Crippen LogP contribution in [0.4, 0.5) is 0 Å². The van der Waals surface area contributed by atoms with E-state index in [1.165, 1.54) is 0 Å². The molecule has 6 heteroatoms. The topological polar surface area (TPSA) is 38.0 Å². The Balaban J connectivity index is 2.28. The molecular formula is C15H17Cl3N2O. The normalized spacial score (nSPS) is 12.7. The number of nitrogens with zero attached hydrogens (tertiary/aromatic N) is 2. The van der Waals surface area contributed by atoms with Crippen molar-refractivity contribution < 1.29 is 5.11 Å². The van der Waals surface area contributed by atoms with Crippen LogP contribution in [0.5, 0.6) is 0 Å². The van der Waals surface area contributed by atoms with Gasteiger partial charge in [-0.1, -0.05) is 47.8 Å². The average molecular weight is 348 g/mol. The summed E-state index contributed by atoms with van der Waals surface area (Å²) in [5.74, 6) is 0. The van der Waals surface area contributed by atoms with Crippen molar-refractivity contribution in [3.8, 4) is 0 Å². The first-order valence-electron chi connectivity index (χ1n) is 6.84. The Morgan fingerprint density at radius 3 is 2.48 bits per heavy atom. The van der Waals surface area contributed by atoms with Crippen molar-refractivity contribution in [1.82, 2.24) is 9.78 Å². The molecule has 0 fully saturated rings. The van der Waals surface area contributed by atoms with E-state index in [-0.39, 0.29) is 0 Å². The number of aliphatic hydroxyl groups excluding tert-OH is 1. The fourth-order valence-electron chi connectivity index (χ4n) is 2.23. The Hall–Kier alpha value is -0.740. The second kappa shape index (κ2) is 7.01. The zero-order chi connectivity index (χ0) is 15.6. The lowest BCUT2D eigenvalue weighted by molar-refractivity contribution is 0.175. The highest BCUT2D eigenvalue weighted by Gasteiger charge is 2.19. The van der Waals surface area contributed by atoms with E-state index in [4.69, 9.17) is 34.8 Å². The van der Waals surface area contributed by atoms with Crippen molar-refractivity contribution in [3.05, 3.63) is 50.2 Å². The van der Waals surface area contributed by atoms with Crippen molar-refractivity contribution >= 4 is 34.8 Å². The first-order valence-corrected chi connectivity index (χ1v) is 7.98. The number of aliphatic hydroxyl groups is 1. The summed E-state index contributed by atoms with van der Waals surface area (Å²) in [5.41, 5.74) is 2.41. The summed E-state index contributed by atoms with van der Waals surface area (Å²) >= 11 is 18.2. The van der Waals surface area contributed by atoms with Gasteiger partial charge in [-0.3, -0.25) is 4.68 Å². The molecule has 0 aliphatic rings. The quantitative estimate of drug-likeness (QED) is 0.851. The molecule has 0 aliphatic heterocycles. The molecule has 114 valence electrons. The molecule has 1 unspecified atom stereocenters. The molecule has 2 aromatic rings. The highest BCUT2D eigenvalue weighted by Crippen LogP contribution is 2.30. The molecule has 0 bridgehead atoms. The summed E-state index contributed by atoms with van der Waals surface area (Å²) in [5, 5.41) is 16.4. The molecule has 0 saturated carbocycles. The van der Waals surface area contributed by atoms with E-state index in [0.29, 0.717) is 33.6 Å². The van der Waals surface area contributed by atoms with Crippen molar-refractivity contribution in [3.63, 3.8) is 0 Å². The zero-order valence-electron chi connectivity index (χ0n) is 11.9. The first-order chi connectivity index (χ1) is 9.97. The number of hydrogen-bond donors (Lipinski definition) is 1. The molecule has 1 heterocycles. The van der Waals surface area contributed by atoms with E-state index < -0.39 is 6.10 Å². The summed E-state index contributed by atoms with van der Waals surface area (Å²) in [6.07, 6.45) is 0.447. The van der Waals surface area contributed by atoms with Crippen LogP contribution in [0.1, 0.15) is 36.9 Å². The number of aryl methyl sites for hydroxylation is 2. The van der Waals surface area contributed by atoms with Crippen molar-refractivity contribution in [2.75, 3.05) is 0 Å². The minimum atomic E-state index is -0.705. The lowest BCUT2D eigenvalue weighted by atomic mass is 10.0. The third kappa shape index (κ3) is 3.54. The Morgan fingerprint density at radius 1 is 1.19 bits per heavy atom. The third-order valence-corrected chi connectivity index (χ3v) is 4.58. The van der Waals surface area contributed by atoms with Crippen LogP contribution in [0, 0.1) is 0 Å². The highest BCUT2D eigenvalue weighted by molar-refractivity contribution is 6.42. The minimum absolute atomic E-state index is 0.387. The fraction of sp³-hybridized carbons (Fsp3) is 0.400. The summed E-state index contributed by atoms with van der Waals surface area (Å²) in [6.45, 7) is 4.72. The fourth-order valence-corrected chi connectivity index (χ4v) is 2.89. The molecule has 2 rings (SSSR count). The molecule has 0 saturated heterocycles. The molecule has 1 atom stereocenters. The molecule has 0 spiro atoms. The molecule has 0 amide bonds. The number of rotatable bonds is 5. The van der Waals surface area contributed by atoms with Gasteiger partial charge in [0.15, 0.2) is 0 Å². The number of benzene rings is 1. The van der Waals surface area contributed by atoms with Gasteiger partial charge in [-0.15, -0.1) is 0 Å². The molecule has 21 heavy (non-hydrogen) atoms. The molecule has 0 radical (unpaired) electrons. The molecule has 1 aromatic carbocycles. The van der Waals surface area contributed by atoms with E-state index in [0.717, 1.165) is 17.8 Å². The van der Waals surface area contributed by atoms with Crippen LogP contribution in [0.15, 0.2) is 18.2 Å². The van der Waals surface area contributed by atoms with E-state index in [2.05, 4.69) is 5.10 Å². The van der Waals surface area contributed by atoms with E-state index in [1.807, 2.05) is 18.5 Å². The maximum atomic E-state index is 10.4. The highest BCUT2D eigenvalue weighted by atomic mass is 35.5. The Kier molecular flexibility index (Phi) is 5.55. The van der Waals surface area contributed by atoms with E-state index in [1.54, 1.807) is 18.2 Å². The van der Waals surface area contributed by atoms with E-state index >= 15 is 0 Å². The van der Waals surface area contributed by atoms with Gasteiger partial charge in [0.2, 0.25) is 0 Å². The summed E-state index contributed by atoms with van der Waals surface area (Å²) in [7, 11) is 0. The van der Waals surface area contributed by atoms with Gasteiger partial charge < -0.3 is 5.11 Å². The smallest absolute Gasteiger partial charge is 0.0851 e. The largest absolute Gasteiger partial charge is 0.388 e. The predicted octanol–water partition coefficient (Wildman–Crippen LogP) is 4.70. The molecule has 1 N–H and O–H groups in total. The van der Waals surface area contributed by atoms with Crippen LogP contribution in [0.2, 0.25) is 15.1 Å². The van der Waals surface area contributed by atoms with Crippen molar-refractivity contribution in [2.24, 2.45) is 0 Å². The Bertz CT molecular complexity index is 640. The van der Waals surface area contributed by atoms with Crippen molar-refractivity contribution in [2.45, 2.75) is 39.3 Å². The van der Waals surface area contributed by atoms with Gasteiger partial charge in [0.05, 0.1) is 32.6 Å². The molecule has 1 aromatic heterocycles. The van der Waals surface area contributed by atoms with Crippen LogP contribution in [-0.4, -0.2) is 14.9 Å². The van der Waals surface area contributed by atoms with Gasteiger partial charge in [-0.25, -0.2) is 0 Å². The van der Waals surface area contributed by atoms with Gasteiger partial charge in [-0.2, -0.15) is 5.10 Å². The van der Waals surface area contributed by atoms with Gasteiger partial charge >= 0.3 is 0 Å². The summed E-state index contributed by atoms with van der Waals surface area (Å²) < 4.78 is 1.84. The molecule has 0 aliphatic carbocycles. The lowest BCUT2D eigenvalue weighted by Gasteiger charge is -2.13.